The summed E-state index contributed by atoms with van der Waals surface area (Å²) in [7, 11) is 0. The van der Waals surface area contributed by atoms with E-state index in [1.165, 1.54) is 4.57 Å². The molecule has 0 aliphatic heterocycles. The van der Waals surface area contributed by atoms with Gasteiger partial charge in [0.1, 0.15) is 6.54 Å². The predicted octanol–water partition coefficient (Wildman–Crippen LogP) is 2.82. The molecule has 0 unspecified atom stereocenters. The largest absolute Gasteiger partial charge is 0.336 e. The van der Waals surface area contributed by atoms with Gasteiger partial charge in [0.15, 0.2) is 0 Å². The van der Waals surface area contributed by atoms with Crippen molar-refractivity contribution in [1.82, 2.24) is 14.5 Å². The second kappa shape index (κ2) is 8.94. The summed E-state index contributed by atoms with van der Waals surface area (Å²) in [5, 5.41) is 0. The predicted molar refractivity (Wildman–Crippen MR) is 105 cm³/mol. The van der Waals surface area contributed by atoms with E-state index < -0.39 is 0 Å². The first-order chi connectivity index (χ1) is 13.1. The first-order valence-corrected chi connectivity index (χ1v) is 9.01. The summed E-state index contributed by atoms with van der Waals surface area (Å²) in [4.78, 5) is 31.3. The van der Waals surface area contributed by atoms with Crippen molar-refractivity contribution in [3.05, 3.63) is 100 Å². The molecule has 2 aromatic heterocycles. The van der Waals surface area contributed by atoms with E-state index >= 15 is 0 Å². The molecule has 0 spiro atoms. The highest BCUT2D eigenvalue weighted by atomic mass is 16.2. The molecule has 3 aromatic rings. The lowest BCUT2D eigenvalue weighted by atomic mass is 10.2. The Morgan fingerprint density at radius 1 is 1.04 bits per heavy atom. The molecule has 0 bridgehead atoms. The molecule has 0 saturated carbocycles. The molecule has 0 fully saturated rings. The van der Waals surface area contributed by atoms with Crippen LogP contribution >= 0.6 is 0 Å². The zero-order valence-electron chi connectivity index (χ0n) is 15.4. The maximum atomic E-state index is 12.9. The minimum atomic E-state index is -0.129. The fourth-order valence-corrected chi connectivity index (χ4v) is 2.92. The Morgan fingerprint density at radius 3 is 2.56 bits per heavy atom. The number of amides is 1. The van der Waals surface area contributed by atoms with Crippen LogP contribution in [0.2, 0.25) is 0 Å². The van der Waals surface area contributed by atoms with E-state index in [4.69, 9.17) is 0 Å². The van der Waals surface area contributed by atoms with Crippen LogP contribution in [0, 0.1) is 6.92 Å². The zero-order chi connectivity index (χ0) is 19.1. The van der Waals surface area contributed by atoms with Gasteiger partial charge in [0, 0.05) is 43.2 Å². The van der Waals surface area contributed by atoms with Crippen LogP contribution in [0.15, 0.2) is 77.9 Å². The third-order valence-corrected chi connectivity index (χ3v) is 4.45. The van der Waals surface area contributed by atoms with E-state index in [2.05, 4.69) is 4.98 Å². The van der Waals surface area contributed by atoms with Gasteiger partial charge in [-0.25, -0.2) is 0 Å². The van der Waals surface area contributed by atoms with E-state index in [0.717, 1.165) is 11.3 Å². The van der Waals surface area contributed by atoms with E-state index in [9.17, 15) is 9.59 Å². The molecule has 27 heavy (non-hydrogen) atoms. The van der Waals surface area contributed by atoms with Crippen molar-refractivity contribution in [2.75, 3.05) is 6.54 Å². The van der Waals surface area contributed by atoms with Gasteiger partial charge in [0.25, 0.3) is 5.56 Å². The number of aryl methyl sites for hydroxylation is 1. The number of pyridine rings is 2. The summed E-state index contributed by atoms with van der Waals surface area (Å²) in [5.41, 5.74) is 2.50. The molecule has 3 rings (SSSR count). The molecule has 0 N–H and O–H groups in total. The molecule has 1 aromatic carbocycles. The van der Waals surface area contributed by atoms with Gasteiger partial charge in [0.2, 0.25) is 5.91 Å². The van der Waals surface area contributed by atoms with Gasteiger partial charge in [-0.1, -0.05) is 42.5 Å². The number of carbonyl (C=O) groups is 1. The van der Waals surface area contributed by atoms with E-state index in [1.54, 1.807) is 36.4 Å². The molecule has 1 amide bonds. The van der Waals surface area contributed by atoms with Crippen LogP contribution in [0.1, 0.15) is 16.8 Å². The average molecular weight is 361 g/mol. The fourth-order valence-electron chi connectivity index (χ4n) is 2.92. The molecule has 2 heterocycles. The zero-order valence-corrected chi connectivity index (χ0v) is 15.4. The van der Waals surface area contributed by atoms with E-state index in [-0.39, 0.29) is 18.0 Å². The van der Waals surface area contributed by atoms with Gasteiger partial charge >= 0.3 is 0 Å². The van der Waals surface area contributed by atoms with Crippen molar-refractivity contribution >= 4 is 5.91 Å². The Balaban J connectivity index is 1.76. The maximum absolute atomic E-state index is 12.9. The van der Waals surface area contributed by atoms with Crippen LogP contribution in [-0.4, -0.2) is 26.9 Å². The molecule has 0 aliphatic carbocycles. The van der Waals surface area contributed by atoms with Gasteiger partial charge in [-0.3, -0.25) is 14.6 Å². The van der Waals surface area contributed by atoms with Crippen LogP contribution in [0.25, 0.3) is 0 Å². The SMILES string of the molecule is Cc1cccn(CC(=O)N(CCc2ccccn2)Cc2ccccc2)c1=O. The van der Waals surface area contributed by atoms with Crippen LogP contribution in [-0.2, 0) is 24.3 Å². The summed E-state index contributed by atoms with van der Waals surface area (Å²) in [6, 6.07) is 19.2. The standard InChI is InChI=1S/C22H23N3O2/c1-18-8-7-14-25(22(18)27)17-21(26)24(16-19-9-3-2-4-10-19)15-12-20-11-5-6-13-23-20/h2-11,13-14H,12,15-17H2,1H3. The lowest BCUT2D eigenvalue weighted by Gasteiger charge is -2.23. The molecular weight excluding hydrogens is 338 g/mol. The Labute approximate surface area is 158 Å². The average Bonchev–Trinajstić information content (AvgIpc) is 2.70. The first-order valence-electron chi connectivity index (χ1n) is 9.01. The van der Waals surface area contributed by atoms with Crippen molar-refractivity contribution in [2.45, 2.75) is 26.4 Å². The van der Waals surface area contributed by atoms with E-state index in [0.29, 0.717) is 25.1 Å². The second-order valence-electron chi connectivity index (χ2n) is 6.50. The molecule has 5 heteroatoms. The quantitative estimate of drug-likeness (QED) is 0.650. The molecular formula is C22H23N3O2. The van der Waals surface area contributed by atoms with Crippen molar-refractivity contribution in [2.24, 2.45) is 0 Å². The van der Waals surface area contributed by atoms with Gasteiger partial charge in [-0.05, 0) is 30.7 Å². The Bertz CT molecular complexity index is 937. The van der Waals surface area contributed by atoms with Gasteiger partial charge < -0.3 is 9.47 Å². The summed E-state index contributed by atoms with van der Waals surface area (Å²) in [6.07, 6.45) is 4.08. The topological polar surface area (TPSA) is 55.2 Å². The highest BCUT2D eigenvalue weighted by Gasteiger charge is 2.16. The number of rotatable bonds is 7. The van der Waals surface area contributed by atoms with Crippen molar-refractivity contribution < 1.29 is 4.79 Å². The number of benzene rings is 1. The Morgan fingerprint density at radius 2 is 1.81 bits per heavy atom. The first kappa shape index (κ1) is 18.6. The summed E-state index contributed by atoms with van der Waals surface area (Å²) < 4.78 is 1.47. The minimum Gasteiger partial charge on any atom is -0.336 e. The molecule has 0 saturated heterocycles. The maximum Gasteiger partial charge on any atom is 0.253 e. The number of hydrogen-bond acceptors (Lipinski definition) is 3. The molecule has 5 nitrogen and oxygen atoms in total. The summed E-state index contributed by atoms with van der Waals surface area (Å²) in [6.45, 7) is 2.85. The Hall–Kier alpha value is -3.21. The van der Waals surface area contributed by atoms with Crippen molar-refractivity contribution in [3.63, 3.8) is 0 Å². The third kappa shape index (κ3) is 5.14. The lowest BCUT2D eigenvalue weighted by molar-refractivity contribution is -0.132. The highest BCUT2D eigenvalue weighted by molar-refractivity contribution is 5.76. The third-order valence-electron chi connectivity index (χ3n) is 4.45. The Kier molecular flexibility index (Phi) is 6.15. The molecule has 0 radical (unpaired) electrons. The smallest absolute Gasteiger partial charge is 0.253 e. The van der Waals surface area contributed by atoms with Crippen LogP contribution in [0.4, 0.5) is 0 Å². The van der Waals surface area contributed by atoms with Crippen LogP contribution < -0.4 is 5.56 Å². The number of carbonyl (C=O) groups excluding carboxylic acids is 1. The highest BCUT2D eigenvalue weighted by Crippen LogP contribution is 2.07. The fraction of sp³-hybridized carbons (Fsp3) is 0.227. The minimum absolute atomic E-state index is 0.0373. The number of aromatic nitrogens is 2. The lowest BCUT2D eigenvalue weighted by Crippen LogP contribution is -2.37. The number of hydrogen-bond donors (Lipinski definition) is 0. The van der Waals surface area contributed by atoms with Gasteiger partial charge in [0.05, 0.1) is 0 Å². The summed E-state index contributed by atoms with van der Waals surface area (Å²) >= 11 is 0. The van der Waals surface area contributed by atoms with Crippen molar-refractivity contribution in [3.8, 4) is 0 Å². The summed E-state index contributed by atoms with van der Waals surface area (Å²) in [5.74, 6) is -0.0810. The molecule has 0 aliphatic rings. The van der Waals surface area contributed by atoms with Crippen molar-refractivity contribution in [1.29, 1.82) is 0 Å². The second-order valence-corrected chi connectivity index (χ2v) is 6.50. The van der Waals surface area contributed by atoms with Gasteiger partial charge in [-0.15, -0.1) is 0 Å². The molecule has 138 valence electrons. The monoisotopic (exact) mass is 361 g/mol. The number of nitrogens with zero attached hydrogens (tertiary/aromatic N) is 3. The normalized spacial score (nSPS) is 10.6. The van der Waals surface area contributed by atoms with Crippen LogP contribution in [0.3, 0.4) is 0 Å². The van der Waals surface area contributed by atoms with E-state index in [1.807, 2.05) is 48.5 Å². The van der Waals surface area contributed by atoms with Crippen LogP contribution in [0.5, 0.6) is 0 Å². The molecule has 0 atom stereocenters. The van der Waals surface area contributed by atoms with Gasteiger partial charge in [-0.2, -0.15) is 0 Å².